The second-order valence-corrected chi connectivity index (χ2v) is 8.23. The second-order valence-electron chi connectivity index (χ2n) is 7.04. The van der Waals surface area contributed by atoms with Crippen LogP contribution in [-0.4, -0.2) is 41.5 Å². The SMILES string of the molecule is CC1(C)OCCN1C(=O)OC[C@H](Sc1nc(C(F)F)ccc1C#N)c1ccccc1. The number of amides is 1. The van der Waals surface area contributed by atoms with Crippen LogP contribution in [0.1, 0.15) is 42.3 Å². The summed E-state index contributed by atoms with van der Waals surface area (Å²) >= 11 is 1.12. The fourth-order valence-electron chi connectivity index (χ4n) is 3.02. The average molecular weight is 433 g/mol. The van der Waals surface area contributed by atoms with E-state index in [1.54, 1.807) is 13.8 Å². The van der Waals surface area contributed by atoms with Crippen LogP contribution in [0.5, 0.6) is 0 Å². The van der Waals surface area contributed by atoms with E-state index in [2.05, 4.69) is 4.98 Å². The number of ether oxygens (including phenoxy) is 2. The van der Waals surface area contributed by atoms with E-state index in [-0.39, 0.29) is 17.2 Å². The van der Waals surface area contributed by atoms with Gasteiger partial charge in [0, 0.05) is 0 Å². The molecule has 158 valence electrons. The van der Waals surface area contributed by atoms with Crippen molar-refractivity contribution in [3.63, 3.8) is 0 Å². The number of halogens is 2. The van der Waals surface area contributed by atoms with Gasteiger partial charge in [-0.25, -0.2) is 18.6 Å². The summed E-state index contributed by atoms with van der Waals surface area (Å²) in [5.41, 5.74) is -0.157. The standard InChI is InChI=1S/C21H21F2N3O3S/c1-21(2)26(10-11-29-21)20(27)28-13-17(14-6-4-3-5-7-14)30-19-15(12-24)8-9-16(25-19)18(22)23/h3-9,17-18H,10-11,13H2,1-2H3/t17-/m0/s1. The van der Waals surface area contributed by atoms with Gasteiger partial charge in [-0.3, -0.25) is 4.90 Å². The predicted octanol–water partition coefficient (Wildman–Crippen LogP) is 4.93. The van der Waals surface area contributed by atoms with Crippen molar-refractivity contribution >= 4 is 17.9 Å². The number of rotatable bonds is 6. The maximum absolute atomic E-state index is 13.1. The summed E-state index contributed by atoms with van der Waals surface area (Å²) < 4.78 is 37.3. The highest BCUT2D eigenvalue weighted by Gasteiger charge is 2.38. The van der Waals surface area contributed by atoms with Gasteiger partial charge in [0.2, 0.25) is 0 Å². The third kappa shape index (κ3) is 5.07. The number of nitrogens with zero attached hydrogens (tertiary/aromatic N) is 3. The van der Waals surface area contributed by atoms with E-state index in [9.17, 15) is 18.8 Å². The van der Waals surface area contributed by atoms with Gasteiger partial charge in [-0.15, -0.1) is 0 Å². The molecular weight excluding hydrogens is 412 g/mol. The van der Waals surface area contributed by atoms with Crippen LogP contribution in [-0.2, 0) is 9.47 Å². The van der Waals surface area contributed by atoms with Crippen LogP contribution < -0.4 is 0 Å². The van der Waals surface area contributed by atoms with Crippen molar-refractivity contribution in [2.45, 2.75) is 36.3 Å². The Morgan fingerprint density at radius 1 is 1.33 bits per heavy atom. The van der Waals surface area contributed by atoms with Gasteiger partial charge in [-0.05, 0) is 31.5 Å². The molecule has 0 unspecified atom stereocenters. The fourth-order valence-corrected chi connectivity index (χ4v) is 4.12. The van der Waals surface area contributed by atoms with E-state index in [0.717, 1.165) is 23.4 Å². The molecule has 9 heteroatoms. The molecule has 1 saturated heterocycles. The molecule has 1 amide bonds. The van der Waals surface area contributed by atoms with Gasteiger partial charge < -0.3 is 9.47 Å². The fraction of sp³-hybridized carbons (Fsp3) is 0.381. The monoisotopic (exact) mass is 433 g/mol. The molecule has 0 saturated carbocycles. The van der Waals surface area contributed by atoms with E-state index < -0.39 is 29.2 Å². The van der Waals surface area contributed by atoms with E-state index in [1.807, 2.05) is 36.4 Å². The summed E-state index contributed by atoms with van der Waals surface area (Å²) in [7, 11) is 0. The number of carbonyl (C=O) groups excluding carboxylic acids is 1. The van der Waals surface area contributed by atoms with Crippen LogP contribution in [0.15, 0.2) is 47.5 Å². The number of carbonyl (C=O) groups is 1. The maximum Gasteiger partial charge on any atom is 0.412 e. The Kier molecular flexibility index (Phi) is 6.90. The predicted molar refractivity (Wildman–Crippen MR) is 107 cm³/mol. The summed E-state index contributed by atoms with van der Waals surface area (Å²) in [6, 6.07) is 13.6. The van der Waals surface area contributed by atoms with Gasteiger partial charge in [-0.2, -0.15) is 5.26 Å². The van der Waals surface area contributed by atoms with E-state index in [1.165, 1.54) is 11.0 Å². The Bertz CT molecular complexity index is 935. The molecule has 1 aromatic carbocycles. The molecule has 0 bridgehead atoms. The number of hydrogen-bond donors (Lipinski definition) is 0. The Hall–Kier alpha value is -2.70. The third-order valence-corrected chi connectivity index (χ3v) is 5.88. The molecule has 1 aromatic heterocycles. The Labute approximate surface area is 177 Å². The second kappa shape index (κ2) is 9.41. The zero-order valence-corrected chi connectivity index (χ0v) is 17.4. The average Bonchev–Trinajstić information content (AvgIpc) is 3.10. The zero-order chi connectivity index (χ0) is 21.7. The first-order valence-electron chi connectivity index (χ1n) is 9.31. The van der Waals surface area contributed by atoms with Gasteiger partial charge in [0.1, 0.15) is 29.1 Å². The normalized spacial score (nSPS) is 16.3. The van der Waals surface area contributed by atoms with Crippen LogP contribution in [0.25, 0.3) is 0 Å². The molecule has 1 aliphatic heterocycles. The van der Waals surface area contributed by atoms with Crippen LogP contribution in [0.4, 0.5) is 13.6 Å². The van der Waals surface area contributed by atoms with Crippen molar-refractivity contribution in [2.24, 2.45) is 0 Å². The van der Waals surface area contributed by atoms with Gasteiger partial charge >= 0.3 is 6.09 Å². The lowest BCUT2D eigenvalue weighted by Crippen LogP contribution is -2.44. The smallest absolute Gasteiger partial charge is 0.412 e. The van der Waals surface area contributed by atoms with Crippen LogP contribution in [0.2, 0.25) is 0 Å². The quantitative estimate of drug-likeness (QED) is 0.602. The van der Waals surface area contributed by atoms with Gasteiger partial charge in [-0.1, -0.05) is 42.1 Å². The molecule has 1 atom stereocenters. The minimum atomic E-state index is -2.75. The van der Waals surface area contributed by atoms with Crippen LogP contribution >= 0.6 is 11.8 Å². The third-order valence-electron chi connectivity index (χ3n) is 4.65. The van der Waals surface area contributed by atoms with Crippen LogP contribution in [0.3, 0.4) is 0 Å². The molecule has 3 rings (SSSR count). The largest absolute Gasteiger partial charge is 0.448 e. The van der Waals surface area contributed by atoms with Crippen molar-refractivity contribution in [3.05, 3.63) is 59.3 Å². The van der Waals surface area contributed by atoms with Gasteiger partial charge in [0.25, 0.3) is 6.43 Å². The van der Waals surface area contributed by atoms with E-state index in [4.69, 9.17) is 9.47 Å². The van der Waals surface area contributed by atoms with Gasteiger partial charge in [0.15, 0.2) is 0 Å². The van der Waals surface area contributed by atoms with Crippen molar-refractivity contribution in [2.75, 3.05) is 19.8 Å². The molecule has 6 nitrogen and oxygen atoms in total. The van der Waals surface area contributed by atoms with Crippen molar-refractivity contribution in [1.82, 2.24) is 9.88 Å². The summed E-state index contributed by atoms with van der Waals surface area (Å²) in [5.74, 6) is 0. The maximum atomic E-state index is 13.1. The lowest BCUT2D eigenvalue weighted by molar-refractivity contribution is -0.0451. The summed E-state index contributed by atoms with van der Waals surface area (Å²) in [6.07, 6.45) is -3.27. The molecule has 0 N–H and O–H groups in total. The number of benzene rings is 1. The Morgan fingerprint density at radius 2 is 2.07 bits per heavy atom. The molecule has 2 aromatic rings. The van der Waals surface area contributed by atoms with Crippen LogP contribution in [0, 0.1) is 11.3 Å². The lowest BCUT2D eigenvalue weighted by atomic mass is 10.1. The highest BCUT2D eigenvalue weighted by atomic mass is 32.2. The highest BCUT2D eigenvalue weighted by Crippen LogP contribution is 2.37. The number of alkyl halides is 2. The number of nitriles is 1. The first-order valence-corrected chi connectivity index (χ1v) is 10.2. The molecule has 30 heavy (non-hydrogen) atoms. The highest BCUT2D eigenvalue weighted by molar-refractivity contribution is 7.99. The van der Waals surface area contributed by atoms with E-state index in [0.29, 0.717) is 13.2 Å². The van der Waals surface area contributed by atoms with Crippen molar-refractivity contribution < 1.29 is 23.0 Å². The lowest BCUT2D eigenvalue weighted by Gasteiger charge is -2.29. The number of hydrogen-bond acceptors (Lipinski definition) is 6. The molecule has 0 spiro atoms. The molecule has 1 fully saturated rings. The zero-order valence-electron chi connectivity index (χ0n) is 16.5. The Morgan fingerprint density at radius 3 is 2.67 bits per heavy atom. The summed E-state index contributed by atoms with van der Waals surface area (Å²) in [4.78, 5) is 18.0. The topological polar surface area (TPSA) is 75.4 Å². The molecule has 1 aliphatic rings. The first-order chi connectivity index (χ1) is 14.3. The molecule has 0 aliphatic carbocycles. The first kappa shape index (κ1) is 22.0. The molecule has 2 heterocycles. The Balaban J connectivity index is 1.82. The molecule has 0 radical (unpaired) electrons. The number of thioether (sulfide) groups is 1. The number of aromatic nitrogens is 1. The summed E-state index contributed by atoms with van der Waals surface area (Å²) in [6.45, 7) is 4.39. The number of pyridine rings is 1. The molecular formula is C21H21F2N3O3S. The minimum absolute atomic E-state index is 0.0223. The van der Waals surface area contributed by atoms with E-state index >= 15 is 0 Å². The van der Waals surface area contributed by atoms with Gasteiger partial charge in [0.05, 0.1) is 24.0 Å². The van der Waals surface area contributed by atoms with Crippen molar-refractivity contribution in [1.29, 1.82) is 5.26 Å². The minimum Gasteiger partial charge on any atom is -0.448 e. The summed E-state index contributed by atoms with van der Waals surface area (Å²) in [5, 5.41) is 9.09. The van der Waals surface area contributed by atoms with Crippen molar-refractivity contribution in [3.8, 4) is 6.07 Å².